The van der Waals surface area contributed by atoms with Gasteiger partial charge in [0, 0.05) is 17.1 Å². The van der Waals surface area contributed by atoms with Gasteiger partial charge in [-0.3, -0.25) is 9.69 Å². The highest BCUT2D eigenvalue weighted by molar-refractivity contribution is 6.31. The normalized spacial score (nSPS) is 18.8. The van der Waals surface area contributed by atoms with E-state index in [4.69, 9.17) is 11.6 Å². The average molecular weight is 300 g/mol. The monoisotopic (exact) mass is 299 g/mol. The minimum atomic E-state index is 0.145. The number of likely N-dealkylation sites (tertiary alicyclic amines) is 1. The third-order valence-electron chi connectivity index (χ3n) is 4.06. The maximum atomic E-state index is 12.3. The standard InChI is InChI=1S/C18H18ClNO/c19-17-8-4-7-15(11-17)18(21)13-20-10-9-16(12-20)14-5-2-1-3-6-14/h1-8,11,16H,9-10,12-13H2. The maximum absolute atomic E-state index is 12.3. The van der Waals surface area contributed by atoms with Crippen molar-refractivity contribution < 1.29 is 4.79 Å². The number of carbonyl (C=O) groups excluding carboxylic acids is 1. The lowest BCUT2D eigenvalue weighted by molar-refractivity contribution is 0.0944. The van der Waals surface area contributed by atoms with E-state index in [1.54, 1.807) is 12.1 Å². The molecule has 0 aliphatic carbocycles. The van der Waals surface area contributed by atoms with Crippen molar-refractivity contribution in [3.63, 3.8) is 0 Å². The number of benzene rings is 2. The summed E-state index contributed by atoms with van der Waals surface area (Å²) < 4.78 is 0. The molecule has 0 N–H and O–H groups in total. The van der Waals surface area contributed by atoms with Crippen molar-refractivity contribution >= 4 is 17.4 Å². The van der Waals surface area contributed by atoms with Crippen LogP contribution >= 0.6 is 11.6 Å². The van der Waals surface area contributed by atoms with Crippen LogP contribution in [0.2, 0.25) is 5.02 Å². The summed E-state index contributed by atoms with van der Waals surface area (Å²) in [5, 5.41) is 0.615. The van der Waals surface area contributed by atoms with Gasteiger partial charge in [0.2, 0.25) is 0 Å². The Morgan fingerprint density at radius 3 is 2.71 bits per heavy atom. The third kappa shape index (κ3) is 3.52. The molecule has 1 heterocycles. The number of hydrogen-bond acceptors (Lipinski definition) is 2. The number of ketones is 1. The maximum Gasteiger partial charge on any atom is 0.176 e. The smallest absolute Gasteiger partial charge is 0.176 e. The summed E-state index contributed by atoms with van der Waals surface area (Å²) in [4.78, 5) is 14.5. The van der Waals surface area contributed by atoms with Crippen molar-refractivity contribution in [1.29, 1.82) is 0 Å². The number of rotatable bonds is 4. The molecule has 1 aliphatic heterocycles. The molecule has 0 amide bonds. The molecule has 21 heavy (non-hydrogen) atoms. The number of nitrogens with zero attached hydrogens (tertiary/aromatic N) is 1. The summed E-state index contributed by atoms with van der Waals surface area (Å²) in [5.74, 6) is 0.685. The van der Waals surface area contributed by atoms with Crippen LogP contribution in [-0.2, 0) is 0 Å². The fourth-order valence-corrected chi connectivity index (χ4v) is 3.12. The van der Waals surface area contributed by atoms with Crippen LogP contribution in [0, 0.1) is 0 Å². The second-order valence-electron chi connectivity index (χ2n) is 5.56. The van der Waals surface area contributed by atoms with Gasteiger partial charge in [-0.2, -0.15) is 0 Å². The molecule has 1 aliphatic rings. The molecule has 1 unspecified atom stereocenters. The highest BCUT2D eigenvalue weighted by Crippen LogP contribution is 2.27. The molecular formula is C18H18ClNO. The number of carbonyl (C=O) groups is 1. The topological polar surface area (TPSA) is 20.3 Å². The van der Waals surface area contributed by atoms with Crippen molar-refractivity contribution in [2.75, 3.05) is 19.6 Å². The molecule has 1 atom stereocenters. The Morgan fingerprint density at radius 2 is 1.95 bits per heavy atom. The molecule has 1 saturated heterocycles. The zero-order chi connectivity index (χ0) is 14.7. The number of Topliss-reactive ketones (excluding diaryl/α,β-unsaturated/α-hetero) is 1. The van der Waals surface area contributed by atoms with Crippen molar-refractivity contribution in [2.45, 2.75) is 12.3 Å². The number of hydrogen-bond donors (Lipinski definition) is 0. The Bertz CT molecular complexity index is 626. The highest BCUT2D eigenvalue weighted by atomic mass is 35.5. The van der Waals surface area contributed by atoms with Gasteiger partial charge in [0.1, 0.15) is 0 Å². The molecule has 0 bridgehead atoms. The van der Waals surface area contributed by atoms with Crippen molar-refractivity contribution in [1.82, 2.24) is 4.90 Å². The Balaban J connectivity index is 1.61. The van der Waals surface area contributed by atoms with E-state index in [1.165, 1.54) is 5.56 Å². The van der Waals surface area contributed by atoms with E-state index in [9.17, 15) is 4.79 Å². The first-order valence-corrected chi connectivity index (χ1v) is 7.66. The Kier molecular flexibility index (Phi) is 4.37. The van der Waals surface area contributed by atoms with Gasteiger partial charge in [0.25, 0.3) is 0 Å². The molecule has 0 saturated carbocycles. The zero-order valence-electron chi connectivity index (χ0n) is 11.8. The second kappa shape index (κ2) is 6.42. The fourth-order valence-electron chi connectivity index (χ4n) is 2.93. The molecule has 0 aromatic heterocycles. The average Bonchev–Trinajstić information content (AvgIpc) is 2.97. The summed E-state index contributed by atoms with van der Waals surface area (Å²) in [7, 11) is 0. The molecule has 108 valence electrons. The SMILES string of the molecule is O=C(CN1CCC(c2ccccc2)C1)c1cccc(Cl)c1. The van der Waals surface area contributed by atoms with E-state index in [1.807, 2.05) is 18.2 Å². The lowest BCUT2D eigenvalue weighted by atomic mass is 9.99. The van der Waals surface area contributed by atoms with Gasteiger partial charge in [-0.1, -0.05) is 54.1 Å². The van der Waals surface area contributed by atoms with Crippen molar-refractivity contribution in [3.05, 3.63) is 70.7 Å². The quantitative estimate of drug-likeness (QED) is 0.795. The van der Waals surface area contributed by atoms with E-state index in [-0.39, 0.29) is 5.78 Å². The predicted octanol–water partition coefficient (Wildman–Crippen LogP) is 4.01. The Labute approximate surface area is 130 Å². The lowest BCUT2D eigenvalue weighted by Gasteiger charge is -2.15. The van der Waals surface area contributed by atoms with Gasteiger partial charge in [-0.25, -0.2) is 0 Å². The Morgan fingerprint density at radius 1 is 1.14 bits per heavy atom. The van der Waals surface area contributed by atoms with Crippen LogP contribution in [0.25, 0.3) is 0 Å². The van der Waals surface area contributed by atoms with E-state index in [0.29, 0.717) is 23.0 Å². The minimum absolute atomic E-state index is 0.145. The van der Waals surface area contributed by atoms with E-state index >= 15 is 0 Å². The zero-order valence-corrected chi connectivity index (χ0v) is 12.6. The van der Waals surface area contributed by atoms with Gasteiger partial charge >= 0.3 is 0 Å². The van der Waals surface area contributed by atoms with Crippen LogP contribution in [0.15, 0.2) is 54.6 Å². The van der Waals surface area contributed by atoms with Gasteiger partial charge in [-0.05, 0) is 36.6 Å². The van der Waals surface area contributed by atoms with Crippen LogP contribution < -0.4 is 0 Å². The summed E-state index contributed by atoms with van der Waals surface area (Å²) in [6.07, 6.45) is 1.12. The lowest BCUT2D eigenvalue weighted by Crippen LogP contribution is -2.27. The predicted molar refractivity (Wildman–Crippen MR) is 86.0 cm³/mol. The van der Waals surface area contributed by atoms with Crippen LogP contribution in [-0.4, -0.2) is 30.3 Å². The molecule has 2 nitrogen and oxygen atoms in total. The summed E-state index contributed by atoms with van der Waals surface area (Å²) in [6.45, 7) is 2.41. The van der Waals surface area contributed by atoms with E-state index in [0.717, 1.165) is 19.5 Å². The summed E-state index contributed by atoms with van der Waals surface area (Å²) in [6, 6.07) is 17.7. The summed E-state index contributed by atoms with van der Waals surface area (Å²) in [5.41, 5.74) is 2.07. The molecule has 0 spiro atoms. The molecule has 3 heteroatoms. The van der Waals surface area contributed by atoms with Crippen LogP contribution in [0.5, 0.6) is 0 Å². The van der Waals surface area contributed by atoms with E-state index < -0.39 is 0 Å². The van der Waals surface area contributed by atoms with Gasteiger partial charge < -0.3 is 0 Å². The number of halogens is 1. The molecule has 1 fully saturated rings. The first-order chi connectivity index (χ1) is 10.2. The van der Waals surface area contributed by atoms with Gasteiger partial charge in [0.05, 0.1) is 6.54 Å². The van der Waals surface area contributed by atoms with E-state index in [2.05, 4.69) is 29.2 Å². The molecule has 3 rings (SSSR count). The van der Waals surface area contributed by atoms with Crippen molar-refractivity contribution in [3.8, 4) is 0 Å². The first-order valence-electron chi connectivity index (χ1n) is 7.28. The minimum Gasteiger partial charge on any atom is -0.295 e. The fraction of sp³-hybridized carbons (Fsp3) is 0.278. The van der Waals surface area contributed by atoms with Crippen LogP contribution in [0.1, 0.15) is 28.3 Å². The Hall–Kier alpha value is -1.64. The van der Waals surface area contributed by atoms with Crippen LogP contribution in [0.3, 0.4) is 0 Å². The van der Waals surface area contributed by atoms with Crippen LogP contribution in [0.4, 0.5) is 0 Å². The second-order valence-corrected chi connectivity index (χ2v) is 6.00. The third-order valence-corrected chi connectivity index (χ3v) is 4.29. The van der Waals surface area contributed by atoms with Crippen molar-refractivity contribution in [2.24, 2.45) is 0 Å². The molecule has 0 radical (unpaired) electrons. The summed E-state index contributed by atoms with van der Waals surface area (Å²) >= 11 is 5.94. The van der Waals surface area contributed by atoms with Gasteiger partial charge in [-0.15, -0.1) is 0 Å². The molecular weight excluding hydrogens is 282 g/mol. The largest absolute Gasteiger partial charge is 0.295 e. The molecule has 2 aromatic carbocycles. The first kappa shape index (κ1) is 14.3. The van der Waals surface area contributed by atoms with Gasteiger partial charge in [0.15, 0.2) is 5.78 Å². The highest BCUT2D eigenvalue weighted by Gasteiger charge is 2.25. The molecule has 2 aromatic rings.